The van der Waals surface area contributed by atoms with Gasteiger partial charge in [0.2, 0.25) is 11.8 Å². The summed E-state index contributed by atoms with van der Waals surface area (Å²) in [6, 6.07) is 18.6. The topological polar surface area (TPSA) is 108 Å². The number of para-hydroxylation sites is 4. The molecule has 0 aliphatic heterocycles. The molecular formula is C30H35N5O5. The van der Waals surface area contributed by atoms with Crippen LogP contribution in [0.1, 0.15) is 39.3 Å². The van der Waals surface area contributed by atoms with Gasteiger partial charge in [-0.2, -0.15) is 0 Å². The molecule has 0 fully saturated rings. The Bertz CT molecular complexity index is 1490. The van der Waals surface area contributed by atoms with Crippen LogP contribution in [0.2, 0.25) is 0 Å². The van der Waals surface area contributed by atoms with Crippen LogP contribution in [0.15, 0.2) is 66.7 Å². The van der Waals surface area contributed by atoms with Crippen LogP contribution in [0.25, 0.3) is 11.0 Å². The van der Waals surface area contributed by atoms with Crippen molar-refractivity contribution in [3.63, 3.8) is 0 Å². The van der Waals surface area contributed by atoms with E-state index in [1.807, 2.05) is 58.0 Å². The molecule has 1 N–H and O–H groups in total. The summed E-state index contributed by atoms with van der Waals surface area (Å²) >= 11 is 0. The third-order valence-electron chi connectivity index (χ3n) is 6.13. The molecule has 210 valence electrons. The second-order valence-electron chi connectivity index (χ2n) is 10.1. The number of benzene rings is 3. The highest BCUT2D eigenvalue weighted by atomic mass is 16.5. The van der Waals surface area contributed by atoms with Gasteiger partial charge in [0.15, 0.2) is 11.5 Å². The molecule has 1 aromatic heterocycles. The Balaban J connectivity index is 1.94. The molecule has 3 aromatic carbocycles. The quantitative estimate of drug-likeness (QED) is 0.312. The molecule has 0 spiro atoms. The zero-order valence-electron chi connectivity index (χ0n) is 23.7. The van der Waals surface area contributed by atoms with Crippen LogP contribution in [0.4, 0.5) is 5.69 Å². The van der Waals surface area contributed by atoms with E-state index in [9.17, 15) is 9.59 Å². The van der Waals surface area contributed by atoms with Crippen molar-refractivity contribution in [1.29, 1.82) is 0 Å². The van der Waals surface area contributed by atoms with E-state index in [1.54, 1.807) is 36.4 Å². The fraction of sp³-hybridized carbons (Fsp3) is 0.333. The fourth-order valence-electron chi connectivity index (χ4n) is 4.55. The van der Waals surface area contributed by atoms with Gasteiger partial charge in [-0.05, 0) is 58.0 Å². The number of nitrogens with one attached hydrogen (secondary N) is 1. The third kappa shape index (κ3) is 6.01. The maximum Gasteiger partial charge on any atom is 0.249 e. The van der Waals surface area contributed by atoms with Crippen molar-refractivity contribution in [2.45, 2.75) is 45.8 Å². The summed E-state index contributed by atoms with van der Waals surface area (Å²) in [5.74, 6) is 0.430. The third-order valence-corrected chi connectivity index (χ3v) is 6.13. The van der Waals surface area contributed by atoms with Crippen molar-refractivity contribution in [2.75, 3.05) is 25.7 Å². The largest absolute Gasteiger partial charge is 0.493 e. The molecule has 10 heteroatoms. The lowest BCUT2D eigenvalue weighted by atomic mass is 9.99. The Morgan fingerprint density at radius 2 is 1.65 bits per heavy atom. The first-order valence-electron chi connectivity index (χ1n) is 13.0. The number of rotatable bonds is 10. The summed E-state index contributed by atoms with van der Waals surface area (Å²) in [5, 5.41) is 11.4. The number of anilines is 1. The molecule has 0 aliphatic carbocycles. The minimum atomic E-state index is -1.15. The summed E-state index contributed by atoms with van der Waals surface area (Å²) < 4.78 is 18.7. The first-order chi connectivity index (χ1) is 19.2. The highest BCUT2D eigenvalue weighted by molar-refractivity contribution is 6.03. The van der Waals surface area contributed by atoms with E-state index in [-0.39, 0.29) is 6.54 Å². The Hall–Kier alpha value is -4.60. The van der Waals surface area contributed by atoms with Crippen molar-refractivity contribution in [3.05, 3.63) is 72.3 Å². The van der Waals surface area contributed by atoms with E-state index in [4.69, 9.17) is 14.2 Å². The van der Waals surface area contributed by atoms with Gasteiger partial charge in [0.25, 0.3) is 0 Å². The van der Waals surface area contributed by atoms with E-state index >= 15 is 0 Å². The van der Waals surface area contributed by atoms with Gasteiger partial charge in [-0.15, -0.1) is 5.10 Å². The van der Waals surface area contributed by atoms with Crippen LogP contribution in [-0.2, 0) is 16.1 Å². The Morgan fingerprint density at radius 1 is 0.950 bits per heavy atom. The van der Waals surface area contributed by atoms with Gasteiger partial charge in [-0.25, -0.2) is 4.68 Å². The van der Waals surface area contributed by atoms with Crippen LogP contribution < -0.4 is 24.4 Å². The average Bonchev–Trinajstić information content (AvgIpc) is 3.33. The number of aromatic nitrogens is 3. The molecule has 4 rings (SSSR count). The fourth-order valence-corrected chi connectivity index (χ4v) is 4.55. The van der Waals surface area contributed by atoms with Crippen molar-refractivity contribution >= 4 is 28.5 Å². The number of fused-ring (bicyclic) bond motifs is 1. The zero-order chi connectivity index (χ0) is 28.9. The Morgan fingerprint density at radius 3 is 2.35 bits per heavy atom. The van der Waals surface area contributed by atoms with Gasteiger partial charge in [0.1, 0.15) is 23.9 Å². The molecule has 0 saturated heterocycles. The van der Waals surface area contributed by atoms with Crippen molar-refractivity contribution in [2.24, 2.45) is 0 Å². The second-order valence-corrected chi connectivity index (χ2v) is 10.1. The summed E-state index contributed by atoms with van der Waals surface area (Å²) in [5.41, 5.74) is 1.65. The van der Waals surface area contributed by atoms with Crippen molar-refractivity contribution < 1.29 is 23.8 Å². The molecule has 0 aliphatic rings. The van der Waals surface area contributed by atoms with Gasteiger partial charge in [-0.3, -0.25) is 14.5 Å². The van der Waals surface area contributed by atoms with Gasteiger partial charge in [0.05, 0.1) is 32.0 Å². The number of hydrogen-bond acceptors (Lipinski definition) is 7. The summed E-state index contributed by atoms with van der Waals surface area (Å²) in [4.78, 5) is 30.0. The molecule has 10 nitrogen and oxygen atoms in total. The summed E-state index contributed by atoms with van der Waals surface area (Å²) in [6.45, 7) is 7.70. The molecule has 0 radical (unpaired) electrons. The second kappa shape index (κ2) is 12.1. The predicted octanol–water partition coefficient (Wildman–Crippen LogP) is 4.54. The Labute approximate surface area is 233 Å². The number of carbonyl (C=O) groups is 2. The molecule has 1 unspecified atom stereocenters. The van der Waals surface area contributed by atoms with E-state index < -0.39 is 23.4 Å². The smallest absolute Gasteiger partial charge is 0.249 e. The van der Waals surface area contributed by atoms with Gasteiger partial charge >= 0.3 is 0 Å². The maximum atomic E-state index is 14.4. The molecular weight excluding hydrogens is 510 g/mol. The van der Waals surface area contributed by atoms with Gasteiger partial charge < -0.3 is 19.5 Å². The highest BCUT2D eigenvalue weighted by Crippen LogP contribution is 2.41. The maximum absolute atomic E-state index is 14.4. The van der Waals surface area contributed by atoms with Gasteiger partial charge in [-0.1, -0.05) is 41.6 Å². The summed E-state index contributed by atoms with van der Waals surface area (Å²) in [7, 11) is 3.02. The number of amides is 2. The van der Waals surface area contributed by atoms with Crippen molar-refractivity contribution in [1.82, 2.24) is 20.3 Å². The summed E-state index contributed by atoms with van der Waals surface area (Å²) in [6.07, 6.45) is 0. The van der Waals surface area contributed by atoms with Crippen LogP contribution in [0.3, 0.4) is 0 Å². The Kier molecular flexibility index (Phi) is 8.57. The minimum absolute atomic E-state index is 0.174. The molecule has 1 atom stereocenters. The minimum Gasteiger partial charge on any atom is -0.493 e. The standard InChI is InChI=1S/C30H35N5O5/c1-7-40-24-17-11-10-16-23(24)35(26(36)19-34-22-15-9-8-14-21(22)32-33-34)27(29(37)31-30(2,3)4)20-13-12-18-25(38-5)28(20)39-6/h8-18,27H,7,19H2,1-6H3,(H,31,37). The monoisotopic (exact) mass is 545 g/mol. The molecule has 40 heavy (non-hydrogen) atoms. The highest BCUT2D eigenvalue weighted by Gasteiger charge is 2.38. The molecule has 2 amide bonds. The molecule has 4 aromatic rings. The molecule has 1 heterocycles. The lowest BCUT2D eigenvalue weighted by Gasteiger charge is -2.35. The lowest BCUT2D eigenvalue weighted by molar-refractivity contribution is -0.128. The number of hydrogen-bond donors (Lipinski definition) is 1. The van der Waals surface area contributed by atoms with Crippen LogP contribution in [0, 0.1) is 0 Å². The number of ether oxygens (including phenoxy) is 3. The first kappa shape index (κ1) is 28.4. The molecule has 0 saturated carbocycles. The number of nitrogens with zero attached hydrogens (tertiary/aromatic N) is 4. The van der Waals surface area contributed by atoms with Crippen LogP contribution >= 0.6 is 0 Å². The molecule has 0 bridgehead atoms. The number of carbonyl (C=O) groups excluding carboxylic acids is 2. The first-order valence-corrected chi connectivity index (χ1v) is 13.0. The van der Waals surface area contributed by atoms with E-state index in [1.165, 1.54) is 23.8 Å². The van der Waals surface area contributed by atoms with Crippen LogP contribution in [0.5, 0.6) is 17.2 Å². The predicted molar refractivity (Wildman–Crippen MR) is 153 cm³/mol. The van der Waals surface area contributed by atoms with Gasteiger partial charge in [0, 0.05) is 11.1 Å². The SMILES string of the molecule is CCOc1ccccc1N(C(=O)Cn1nnc2ccccc21)C(C(=O)NC(C)(C)C)c1cccc(OC)c1OC. The average molecular weight is 546 g/mol. The van der Waals surface area contributed by atoms with Crippen molar-refractivity contribution in [3.8, 4) is 17.2 Å². The normalized spacial score (nSPS) is 12.1. The number of methoxy groups -OCH3 is 2. The van der Waals surface area contributed by atoms with Crippen LogP contribution in [-0.4, -0.2) is 53.2 Å². The lowest BCUT2D eigenvalue weighted by Crippen LogP contribution is -2.50. The van der Waals surface area contributed by atoms with E-state index in [0.29, 0.717) is 46.1 Å². The van der Waals surface area contributed by atoms with E-state index in [2.05, 4.69) is 15.6 Å². The zero-order valence-corrected chi connectivity index (χ0v) is 23.7. The van der Waals surface area contributed by atoms with E-state index in [0.717, 1.165) is 0 Å².